The molecule has 27 heavy (non-hydrogen) atoms. The number of nitrogens with one attached hydrogen (secondary N) is 1. The van der Waals surface area contributed by atoms with Gasteiger partial charge in [0.1, 0.15) is 0 Å². The Kier molecular flexibility index (Phi) is 5.58. The van der Waals surface area contributed by atoms with Gasteiger partial charge in [0, 0.05) is 18.5 Å². The molecule has 1 aromatic carbocycles. The molecule has 1 aromatic heterocycles. The molecule has 1 saturated carbocycles. The molecule has 0 spiro atoms. The summed E-state index contributed by atoms with van der Waals surface area (Å²) in [4.78, 5) is 37.2. The molecule has 1 N–H and O–H groups in total. The third-order valence-corrected chi connectivity index (χ3v) is 5.24. The molecule has 1 heterocycles. The first-order chi connectivity index (χ1) is 12.9. The summed E-state index contributed by atoms with van der Waals surface area (Å²) >= 11 is 0. The minimum atomic E-state index is -0.940. The van der Waals surface area contributed by atoms with E-state index in [-0.39, 0.29) is 23.2 Å². The monoisotopic (exact) mass is 371 g/mol. The van der Waals surface area contributed by atoms with Crippen LogP contribution >= 0.6 is 0 Å². The molecular formula is C20H25N3O4. The summed E-state index contributed by atoms with van der Waals surface area (Å²) in [6.07, 6.45) is 3.37. The SMILES string of the molecule is C[C@@H](OC(=O)c1nn(C)c(=O)c2ccccc12)C(=O)N[C@@H]1CCCC[C@@H]1C. The Balaban J connectivity index is 1.75. The Morgan fingerprint density at radius 1 is 1.22 bits per heavy atom. The molecule has 1 aliphatic carbocycles. The van der Waals surface area contributed by atoms with Gasteiger partial charge in [0.15, 0.2) is 11.8 Å². The van der Waals surface area contributed by atoms with E-state index >= 15 is 0 Å². The molecule has 0 unspecified atom stereocenters. The van der Waals surface area contributed by atoms with Gasteiger partial charge in [-0.2, -0.15) is 5.10 Å². The standard InChI is InChI=1S/C20H25N3O4/c1-12-8-4-7-11-16(12)21-18(24)13(2)27-20(26)17-14-9-5-6-10-15(14)19(25)23(3)22-17/h5-6,9-10,12-13,16H,4,7-8,11H2,1-3H3,(H,21,24)/t12-,13+,16+/m0/s1. The summed E-state index contributed by atoms with van der Waals surface area (Å²) in [6.45, 7) is 3.67. The van der Waals surface area contributed by atoms with Gasteiger partial charge in [0.25, 0.3) is 11.5 Å². The number of ether oxygens (including phenoxy) is 1. The van der Waals surface area contributed by atoms with Crippen molar-refractivity contribution < 1.29 is 14.3 Å². The zero-order valence-corrected chi connectivity index (χ0v) is 15.9. The van der Waals surface area contributed by atoms with Crippen molar-refractivity contribution in [3.05, 3.63) is 40.3 Å². The molecule has 7 heteroatoms. The fourth-order valence-electron chi connectivity index (χ4n) is 3.55. The van der Waals surface area contributed by atoms with Crippen molar-refractivity contribution in [3.63, 3.8) is 0 Å². The number of fused-ring (bicyclic) bond motifs is 1. The van der Waals surface area contributed by atoms with Crippen LogP contribution < -0.4 is 10.9 Å². The number of nitrogens with zero attached hydrogens (tertiary/aromatic N) is 2. The van der Waals surface area contributed by atoms with E-state index in [0.717, 1.165) is 23.9 Å². The Hall–Kier alpha value is -2.70. The largest absolute Gasteiger partial charge is 0.448 e. The smallest absolute Gasteiger partial charge is 0.360 e. The lowest BCUT2D eigenvalue weighted by Gasteiger charge is -2.30. The van der Waals surface area contributed by atoms with Crippen molar-refractivity contribution in [1.82, 2.24) is 15.1 Å². The Morgan fingerprint density at radius 3 is 2.59 bits per heavy atom. The van der Waals surface area contributed by atoms with Crippen LogP contribution in [0.1, 0.15) is 50.0 Å². The van der Waals surface area contributed by atoms with Crippen LogP contribution in [0.5, 0.6) is 0 Å². The summed E-state index contributed by atoms with van der Waals surface area (Å²) in [5.74, 6) is -0.614. The van der Waals surface area contributed by atoms with Crippen LogP contribution in [-0.4, -0.2) is 33.8 Å². The van der Waals surface area contributed by atoms with E-state index in [1.807, 2.05) is 0 Å². The topological polar surface area (TPSA) is 90.3 Å². The number of benzene rings is 1. The molecule has 0 aliphatic heterocycles. The van der Waals surface area contributed by atoms with Gasteiger partial charge in [0.2, 0.25) is 0 Å². The summed E-state index contributed by atoms with van der Waals surface area (Å²) in [5, 5.41) is 7.83. The molecule has 7 nitrogen and oxygen atoms in total. The second kappa shape index (κ2) is 7.90. The van der Waals surface area contributed by atoms with Gasteiger partial charge in [0.05, 0.1) is 5.39 Å². The first-order valence-corrected chi connectivity index (χ1v) is 9.36. The van der Waals surface area contributed by atoms with Crippen molar-refractivity contribution in [2.45, 2.75) is 51.7 Å². The minimum absolute atomic E-state index is 0.0263. The van der Waals surface area contributed by atoms with Gasteiger partial charge in [-0.15, -0.1) is 0 Å². The number of hydrogen-bond acceptors (Lipinski definition) is 5. The highest BCUT2D eigenvalue weighted by Crippen LogP contribution is 2.24. The Bertz CT molecular complexity index is 921. The van der Waals surface area contributed by atoms with Gasteiger partial charge in [-0.1, -0.05) is 38.0 Å². The number of aromatic nitrogens is 2. The molecule has 0 bridgehead atoms. The van der Waals surface area contributed by atoms with E-state index in [9.17, 15) is 14.4 Å². The number of hydrogen-bond donors (Lipinski definition) is 1. The van der Waals surface area contributed by atoms with E-state index in [4.69, 9.17) is 4.74 Å². The number of amides is 1. The van der Waals surface area contributed by atoms with E-state index in [1.54, 1.807) is 31.2 Å². The van der Waals surface area contributed by atoms with Crippen LogP contribution in [0.2, 0.25) is 0 Å². The molecule has 2 aromatic rings. The first kappa shape index (κ1) is 19.1. The van der Waals surface area contributed by atoms with E-state index in [2.05, 4.69) is 17.3 Å². The van der Waals surface area contributed by atoms with Crippen molar-refractivity contribution in [2.75, 3.05) is 0 Å². The molecular weight excluding hydrogens is 346 g/mol. The summed E-state index contributed by atoms with van der Waals surface area (Å²) < 4.78 is 6.45. The number of aryl methyl sites for hydroxylation is 1. The van der Waals surface area contributed by atoms with E-state index < -0.39 is 12.1 Å². The number of esters is 1. The van der Waals surface area contributed by atoms with E-state index in [1.165, 1.54) is 13.5 Å². The zero-order chi connectivity index (χ0) is 19.6. The van der Waals surface area contributed by atoms with Gasteiger partial charge < -0.3 is 10.1 Å². The van der Waals surface area contributed by atoms with Crippen LogP contribution in [0, 0.1) is 5.92 Å². The maximum absolute atomic E-state index is 12.6. The van der Waals surface area contributed by atoms with Crippen molar-refractivity contribution in [1.29, 1.82) is 0 Å². The molecule has 0 radical (unpaired) electrons. The molecule has 3 atom stereocenters. The predicted octanol–water partition coefficient (Wildman–Crippen LogP) is 2.17. The highest BCUT2D eigenvalue weighted by Gasteiger charge is 2.27. The highest BCUT2D eigenvalue weighted by molar-refractivity contribution is 6.02. The molecule has 1 amide bonds. The second-order valence-corrected chi connectivity index (χ2v) is 7.25. The predicted molar refractivity (Wildman–Crippen MR) is 101 cm³/mol. The summed E-state index contributed by atoms with van der Waals surface area (Å²) in [7, 11) is 1.48. The summed E-state index contributed by atoms with van der Waals surface area (Å²) in [5.41, 5.74) is -0.266. The molecule has 3 rings (SSSR count). The van der Waals surface area contributed by atoms with Crippen molar-refractivity contribution in [2.24, 2.45) is 13.0 Å². The maximum atomic E-state index is 12.6. The average Bonchev–Trinajstić information content (AvgIpc) is 2.66. The Labute approximate surface area is 157 Å². The maximum Gasteiger partial charge on any atom is 0.360 e. The highest BCUT2D eigenvalue weighted by atomic mass is 16.5. The number of rotatable bonds is 4. The van der Waals surface area contributed by atoms with Gasteiger partial charge in [-0.3, -0.25) is 9.59 Å². The lowest BCUT2D eigenvalue weighted by molar-refractivity contribution is -0.130. The molecule has 144 valence electrons. The average molecular weight is 371 g/mol. The normalized spacial score (nSPS) is 20.9. The third-order valence-electron chi connectivity index (χ3n) is 5.24. The molecule has 1 aliphatic rings. The van der Waals surface area contributed by atoms with Crippen molar-refractivity contribution >= 4 is 22.6 Å². The fourth-order valence-corrected chi connectivity index (χ4v) is 3.55. The fraction of sp³-hybridized carbons (Fsp3) is 0.500. The third kappa shape index (κ3) is 4.02. The quantitative estimate of drug-likeness (QED) is 0.832. The van der Waals surface area contributed by atoms with E-state index in [0.29, 0.717) is 16.7 Å². The van der Waals surface area contributed by atoms with Gasteiger partial charge in [-0.25, -0.2) is 9.48 Å². The zero-order valence-electron chi connectivity index (χ0n) is 15.9. The van der Waals surface area contributed by atoms with Crippen LogP contribution in [0.25, 0.3) is 10.8 Å². The molecule has 1 fully saturated rings. The van der Waals surface area contributed by atoms with Crippen LogP contribution in [0.4, 0.5) is 0 Å². The number of carbonyl (C=O) groups is 2. The minimum Gasteiger partial charge on any atom is -0.448 e. The first-order valence-electron chi connectivity index (χ1n) is 9.36. The Morgan fingerprint density at radius 2 is 1.89 bits per heavy atom. The lowest BCUT2D eigenvalue weighted by Crippen LogP contribution is -2.46. The number of carbonyl (C=O) groups excluding carboxylic acids is 2. The van der Waals surface area contributed by atoms with Gasteiger partial charge >= 0.3 is 5.97 Å². The van der Waals surface area contributed by atoms with Gasteiger partial charge in [-0.05, 0) is 31.7 Å². The second-order valence-electron chi connectivity index (χ2n) is 7.25. The van der Waals surface area contributed by atoms with Crippen molar-refractivity contribution in [3.8, 4) is 0 Å². The van der Waals surface area contributed by atoms with Crippen LogP contribution in [0.15, 0.2) is 29.1 Å². The summed E-state index contributed by atoms with van der Waals surface area (Å²) in [6, 6.07) is 6.84. The van der Waals surface area contributed by atoms with Crippen LogP contribution in [-0.2, 0) is 16.6 Å². The lowest BCUT2D eigenvalue weighted by atomic mass is 9.86. The van der Waals surface area contributed by atoms with Crippen LogP contribution in [0.3, 0.4) is 0 Å². The molecule has 0 saturated heterocycles.